The van der Waals surface area contributed by atoms with Crippen LogP contribution in [-0.2, 0) is 0 Å². The SMILES string of the molecule is CC[C@H](CO)NC(=O)Nc1ccc(C(=O)N2CCC(C)CC2)cc1. The maximum Gasteiger partial charge on any atom is 0.319 e. The number of anilines is 1. The van der Waals surface area contributed by atoms with Crippen molar-refractivity contribution in [3.63, 3.8) is 0 Å². The third-order valence-electron chi connectivity index (χ3n) is 4.51. The Bertz CT molecular complexity index is 547. The summed E-state index contributed by atoms with van der Waals surface area (Å²) in [5, 5.41) is 14.5. The second-order valence-corrected chi connectivity index (χ2v) is 6.44. The van der Waals surface area contributed by atoms with Gasteiger partial charge in [0.15, 0.2) is 0 Å². The van der Waals surface area contributed by atoms with Crippen molar-refractivity contribution in [1.82, 2.24) is 10.2 Å². The molecule has 1 fully saturated rings. The van der Waals surface area contributed by atoms with Gasteiger partial charge in [0, 0.05) is 24.3 Å². The zero-order valence-corrected chi connectivity index (χ0v) is 14.4. The summed E-state index contributed by atoms with van der Waals surface area (Å²) in [5.74, 6) is 0.731. The number of aliphatic hydroxyl groups excluding tert-OH is 1. The molecule has 0 saturated carbocycles. The Hall–Kier alpha value is -2.08. The van der Waals surface area contributed by atoms with Gasteiger partial charge in [0.1, 0.15) is 0 Å². The van der Waals surface area contributed by atoms with Gasteiger partial charge < -0.3 is 20.6 Å². The van der Waals surface area contributed by atoms with Crippen LogP contribution in [0.4, 0.5) is 10.5 Å². The van der Waals surface area contributed by atoms with Gasteiger partial charge in [-0.1, -0.05) is 13.8 Å². The Balaban J connectivity index is 1.90. The van der Waals surface area contributed by atoms with Crippen molar-refractivity contribution in [1.29, 1.82) is 0 Å². The highest BCUT2D eigenvalue weighted by atomic mass is 16.3. The molecule has 0 spiro atoms. The molecular weight excluding hydrogens is 306 g/mol. The average molecular weight is 333 g/mol. The predicted molar refractivity (Wildman–Crippen MR) is 94.1 cm³/mol. The van der Waals surface area contributed by atoms with Gasteiger partial charge in [-0.15, -0.1) is 0 Å². The van der Waals surface area contributed by atoms with E-state index in [4.69, 9.17) is 5.11 Å². The molecular formula is C18H27N3O3. The molecule has 1 aliphatic heterocycles. The molecule has 1 atom stereocenters. The lowest BCUT2D eigenvalue weighted by Gasteiger charge is -2.30. The molecule has 0 radical (unpaired) electrons. The van der Waals surface area contributed by atoms with Crippen LogP contribution < -0.4 is 10.6 Å². The highest BCUT2D eigenvalue weighted by Crippen LogP contribution is 2.19. The number of rotatable bonds is 5. The summed E-state index contributed by atoms with van der Waals surface area (Å²) < 4.78 is 0. The highest BCUT2D eigenvalue weighted by molar-refractivity contribution is 5.95. The van der Waals surface area contributed by atoms with E-state index in [9.17, 15) is 9.59 Å². The lowest BCUT2D eigenvalue weighted by atomic mass is 9.98. The first-order valence-electron chi connectivity index (χ1n) is 8.61. The molecule has 1 aromatic rings. The third-order valence-corrected chi connectivity index (χ3v) is 4.51. The largest absolute Gasteiger partial charge is 0.394 e. The monoisotopic (exact) mass is 333 g/mol. The molecule has 0 aliphatic carbocycles. The summed E-state index contributed by atoms with van der Waals surface area (Å²) in [5.41, 5.74) is 1.25. The van der Waals surface area contributed by atoms with E-state index in [2.05, 4.69) is 17.6 Å². The molecule has 24 heavy (non-hydrogen) atoms. The van der Waals surface area contributed by atoms with Crippen LogP contribution in [0, 0.1) is 5.92 Å². The maximum absolute atomic E-state index is 12.5. The number of likely N-dealkylation sites (tertiary alicyclic amines) is 1. The van der Waals surface area contributed by atoms with Gasteiger partial charge in [0.2, 0.25) is 0 Å². The smallest absolute Gasteiger partial charge is 0.319 e. The van der Waals surface area contributed by atoms with E-state index in [-0.39, 0.29) is 24.6 Å². The number of nitrogens with one attached hydrogen (secondary N) is 2. The zero-order chi connectivity index (χ0) is 17.5. The van der Waals surface area contributed by atoms with Gasteiger partial charge >= 0.3 is 6.03 Å². The summed E-state index contributed by atoms with van der Waals surface area (Å²) in [6.45, 7) is 5.63. The summed E-state index contributed by atoms with van der Waals surface area (Å²) in [6.07, 6.45) is 2.76. The van der Waals surface area contributed by atoms with E-state index in [1.54, 1.807) is 24.3 Å². The number of urea groups is 1. The minimum absolute atomic E-state index is 0.0456. The number of benzene rings is 1. The van der Waals surface area contributed by atoms with Crippen LogP contribution in [0.2, 0.25) is 0 Å². The van der Waals surface area contributed by atoms with E-state index in [0.717, 1.165) is 25.9 Å². The number of aliphatic hydroxyl groups is 1. The Morgan fingerprint density at radius 2 is 1.88 bits per heavy atom. The fraction of sp³-hybridized carbons (Fsp3) is 0.556. The number of amides is 3. The molecule has 1 heterocycles. The number of hydrogen-bond acceptors (Lipinski definition) is 3. The molecule has 0 unspecified atom stereocenters. The summed E-state index contributed by atoms with van der Waals surface area (Å²) in [4.78, 5) is 26.2. The summed E-state index contributed by atoms with van der Waals surface area (Å²) in [6, 6.07) is 6.30. The van der Waals surface area contributed by atoms with Crippen LogP contribution in [0.15, 0.2) is 24.3 Å². The standard InChI is InChI=1S/C18H27N3O3/c1-3-15(12-22)19-18(24)20-16-6-4-14(5-7-16)17(23)21-10-8-13(2)9-11-21/h4-7,13,15,22H,3,8-12H2,1-2H3,(H2,19,20,24)/t15-/m1/s1. The maximum atomic E-state index is 12.5. The fourth-order valence-electron chi connectivity index (χ4n) is 2.72. The quantitative estimate of drug-likeness (QED) is 0.774. The number of hydrogen-bond donors (Lipinski definition) is 3. The lowest BCUT2D eigenvalue weighted by Crippen LogP contribution is -2.39. The molecule has 0 bridgehead atoms. The van der Waals surface area contributed by atoms with Crippen LogP contribution in [0.5, 0.6) is 0 Å². The van der Waals surface area contributed by atoms with Crippen molar-refractivity contribution in [2.24, 2.45) is 5.92 Å². The molecule has 1 aromatic carbocycles. The summed E-state index contributed by atoms with van der Waals surface area (Å²) >= 11 is 0. The second kappa shape index (κ2) is 8.68. The Morgan fingerprint density at radius 1 is 1.25 bits per heavy atom. The molecule has 6 nitrogen and oxygen atoms in total. The van der Waals surface area contributed by atoms with E-state index in [1.165, 1.54) is 0 Å². The third kappa shape index (κ3) is 4.96. The normalized spacial score (nSPS) is 16.5. The van der Waals surface area contributed by atoms with Gasteiger partial charge in [-0.25, -0.2) is 4.79 Å². The highest BCUT2D eigenvalue weighted by Gasteiger charge is 2.21. The summed E-state index contributed by atoms with van der Waals surface area (Å²) in [7, 11) is 0. The second-order valence-electron chi connectivity index (χ2n) is 6.44. The van der Waals surface area contributed by atoms with Crippen molar-refractivity contribution in [3.8, 4) is 0 Å². The number of piperidine rings is 1. The van der Waals surface area contributed by atoms with E-state index in [0.29, 0.717) is 23.6 Å². The first kappa shape index (κ1) is 18.3. The van der Waals surface area contributed by atoms with Crippen LogP contribution in [0.3, 0.4) is 0 Å². The van der Waals surface area contributed by atoms with Gasteiger partial charge in [-0.3, -0.25) is 4.79 Å². The van der Waals surface area contributed by atoms with Crippen molar-refractivity contribution >= 4 is 17.6 Å². The molecule has 1 aliphatic rings. The van der Waals surface area contributed by atoms with E-state index < -0.39 is 0 Å². The fourth-order valence-corrected chi connectivity index (χ4v) is 2.72. The molecule has 6 heteroatoms. The first-order valence-corrected chi connectivity index (χ1v) is 8.61. The Morgan fingerprint density at radius 3 is 2.42 bits per heavy atom. The first-order chi connectivity index (χ1) is 11.5. The van der Waals surface area contributed by atoms with Gasteiger partial charge in [0.05, 0.1) is 12.6 Å². The molecule has 1 saturated heterocycles. The zero-order valence-electron chi connectivity index (χ0n) is 14.4. The van der Waals surface area contributed by atoms with Crippen molar-refractivity contribution < 1.29 is 14.7 Å². The Labute approximate surface area is 143 Å². The average Bonchev–Trinajstić information content (AvgIpc) is 2.60. The number of nitrogens with zero attached hydrogens (tertiary/aromatic N) is 1. The van der Waals surface area contributed by atoms with E-state index in [1.807, 2.05) is 11.8 Å². The van der Waals surface area contributed by atoms with Gasteiger partial charge in [-0.2, -0.15) is 0 Å². The van der Waals surface area contributed by atoms with E-state index >= 15 is 0 Å². The molecule has 132 valence electrons. The predicted octanol–water partition coefficient (Wildman–Crippen LogP) is 2.45. The molecule has 2 rings (SSSR count). The Kier molecular flexibility index (Phi) is 6.61. The van der Waals surface area contributed by atoms with Crippen LogP contribution >= 0.6 is 0 Å². The van der Waals surface area contributed by atoms with Gasteiger partial charge in [-0.05, 0) is 49.4 Å². The minimum Gasteiger partial charge on any atom is -0.394 e. The molecule has 3 amide bonds. The van der Waals surface area contributed by atoms with Crippen molar-refractivity contribution in [2.75, 3.05) is 25.0 Å². The van der Waals surface area contributed by atoms with Gasteiger partial charge in [0.25, 0.3) is 5.91 Å². The molecule has 0 aromatic heterocycles. The number of carbonyl (C=O) groups is 2. The van der Waals surface area contributed by atoms with Crippen LogP contribution in [0.25, 0.3) is 0 Å². The minimum atomic E-state index is -0.361. The van der Waals surface area contributed by atoms with Crippen molar-refractivity contribution in [3.05, 3.63) is 29.8 Å². The topological polar surface area (TPSA) is 81.7 Å². The van der Waals surface area contributed by atoms with Crippen molar-refractivity contribution in [2.45, 2.75) is 39.2 Å². The van der Waals surface area contributed by atoms with Crippen LogP contribution in [0.1, 0.15) is 43.5 Å². The number of carbonyl (C=O) groups excluding carboxylic acids is 2. The lowest BCUT2D eigenvalue weighted by molar-refractivity contribution is 0.0697. The molecule has 3 N–H and O–H groups in total. The van der Waals surface area contributed by atoms with Crippen LogP contribution in [-0.4, -0.2) is 47.7 Å².